The van der Waals surface area contributed by atoms with E-state index in [0.29, 0.717) is 11.4 Å². The molecule has 0 spiro atoms. The minimum Gasteiger partial charge on any atom is -0.369 e. The van der Waals surface area contributed by atoms with Gasteiger partial charge in [0, 0.05) is 49.1 Å². The Morgan fingerprint density at radius 1 is 1.03 bits per heavy atom. The molecule has 0 radical (unpaired) electrons. The number of hydrogen-bond donors (Lipinski definition) is 1. The Morgan fingerprint density at radius 3 is 2.43 bits per heavy atom. The molecule has 6 nitrogen and oxygen atoms in total. The molecule has 2 fully saturated rings. The lowest BCUT2D eigenvalue weighted by molar-refractivity contribution is -0.145. The molecule has 1 aromatic heterocycles. The average molecular weight is 486 g/mol. The highest BCUT2D eigenvalue weighted by Gasteiger charge is 2.33. The van der Waals surface area contributed by atoms with Crippen molar-refractivity contribution < 1.29 is 17.9 Å². The van der Waals surface area contributed by atoms with Gasteiger partial charge < -0.3 is 15.0 Å². The van der Waals surface area contributed by atoms with Crippen molar-refractivity contribution in [3.63, 3.8) is 0 Å². The monoisotopic (exact) mass is 485 g/mol. The number of benzene rings is 2. The Labute approximate surface area is 203 Å². The van der Waals surface area contributed by atoms with Crippen LogP contribution in [-0.4, -0.2) is 54.1 Å². The zero-order valence-corrected chi connectivity index (χ0v) is 20.2. The normalized spacial score (nSPS) is 20.1. The fraction of sp³-hybridized carbons (Fsp3) is 0.462. The van der Waals surface area contributed by atoms with Gasteiger partial charge in [0.1, 0.15) is 6.23 Å². The summed E-state index contributed by atoms with van der Waals surface area (Å²) in [6, 6.07) is 10.2. The number of piperazine rings is 1. The van der Waals surface area contributed by atoms with Gasteiger partial charge in [-0.15, -0.1) is 5.10 Å². The molecule has 2 aromatic carbocycles. The Morgan fingerprint density at radius 2 is 1.77 bits per heavy atom. The van der Waals surface area contributed by atoms with Gasteiger partial charge in [0.05, 0.1) is 23.9 Å². The second kappa shape index (κ2) is 9.28. The number of fused-ring (bicyclic) bond motifs is 1. The van der Waals surface area contributed by atoms with Crippen LogP contribution in [-0.2, 0) is 10.9 Å². The smallest absolute Gasteiger partial charge is 0.369 e. The lowest BCUT2D eigenvalue weighted by Gasteiger charge is -2.43. The van der Waals surface area contributed by atoms with E-state index in [1.165, 1.54) is 13.0 Å². The van der Waals surface area contributed by atoms with Crippen LogP contribution in [0.4, 0.5) is 24.7 Å². The third-order valence-electron chi connectivity index (χ3n) is 7.21. The van der Waals surface area contributed by atoms with Crippen LogP contribution in [0, 0.1) is 13.8 Å². The molecule has 35 heavy (non-hydrogen) atoms. The van der Waals surface area contributed by atoms with E-state index < -0.39 is 11.7 Å². The predicted molar refractivity (Wildman–Crippen MR) is 131 cm³/mol. The van der Waals surface area contributed by atoms with Crippen molar-refractivity contribution >= 4 is 22.3 Å². The quantitative estimate of drug-likeness (QED) is 0.529. The Bertz CT molecular complexity index is 1220. The maximum atomic E-state index is 13.4. The summed E-state index contributed by atoms with van der Waals surface area (Å²) in [5.41, 5.74) is 2.11. The molecule has 0 amide bonds. The largest absolute Gasteiger partial charge is 0.416 e. The molecule has 0 aliphatic carbocycles. The van der Waals surface area contributed by atoms with Crippen molar-refractivity contribution in [2.24, 2.45) is 0 Å². The van der Waals surface area contributed by atoms with Gasteiger partial charge in [-0.3, -0.25) is 4.90 Å². The second-order valence-electron chi connectivity index (χ2n) is 9.38. The van der Waals surface area contributed by atoms with Crippen LogP contribution >= 0.6 is 0 Å². The highest BCUT2D eigenvalue weighted by atomic mass is 19.4. The summed E-state index contributed by atoms with van der Waals surface area (Å²) in [5, 5.41) is 13.9. The van der Waals surface area contributed by atoms with Crippen LogP contribution in [0.25, 0.3) is 10.8 Å². The first-order valence-corrected chi connectivity index (χ1v) is 12.0. The first-order valence-electron chi connectivity index (χ1n) is 12.0. The fourth-order valence-electron chi connectivity index (χ4n) is 5.07. The molecule has 2 atom stereocenters. The van der Waals surface area contributed by atoms with E-state index in [9.17, 15) is 13.2 Å². The van der Waals surface area contributed by atoms with Crippen LogP contribution < -0.4 is 10.2 Å². The topological polar surface area (TPSA) is 53.5 Å². The molecule has 2 aliphatic rings. The van der Waals surface area contributed by atoms with Crippen molar-refractivity contribution in [3.8, 4) is 0 Å². The molecule has 0 unspecified atom stereocenters. The van der Waals surface area contributed by atoms with Crippen LogP contribution in [0.5, 0.6) is 0 Å². The molecule has 3 heterocycles. The number of nitrogens with zero attached hydrogens (tertiary/aromatic N) is 4. The number of nitrogens with one attached hydrogen (secondary N) is 1. The van der Waals surface area contributed by atoms with Gasteiger partial charge in [-0.05, 0) is 50.1 Å². The first-order chi connectivity index (χ1) is 16.7. The maximum absolute atomic E-state index is 13.4. The van der Waals surface area contributed by atoms with E-state index >= 15 is 0 Å². The van der Waals surface area contributed by atoms with Crippen molar-refractivity contribution in [1.82, 2.24) is 15.1 Å². The Hall–Kier alpha value is -2.91. The standard InChI is InChI=1S/C26H30F3N5O/c1-16-20(5-4-6-23(16)26(27,28)29)17(2)30-25-22-15-19(7-8-21(22)18(3)31-32-25)33-10-12-34(13-11-33)24-9-14-35-24/h4-8,15,17,24H,9-14H2,1-3H3,(H,30,32)/t17-,24-/m1/s1. The van der Waals surface area contributed by atoms with Crippen molar-refractivity contribution in [3.05, 3.63) is 58.8 Å². The zero-order valence-electron chi connectivity index (χ0n) is 20.2. The predicted octanol–water partition coefficient (Wildman–Crippen LogP) is 5.31. The van der Waals surface area contributed by atoms with E-state index in [1.54, 1.807) is 6.07 Å². The molecule has 9 heteroatoms. The third-order valence-corrected chi connectivity index (χ3v) is 7.21. The lowest BCUT2D eigenvalue weighted by Crippen LogP contribution is -2.54. The van der Waals surface area contributed by atoms with E-state index in [4.69, 9.17) is 4.74 Å². The number of alkyl halides is 3. The highest BCUT2D eigenvalue weighted by molar-refractivity contribution is 5.95. The van der Waals surface area contributed by atoms with E-state index in [-0.39, 0.29) is 17.8 Å². The molecule has 0 bridgehead atoms. The van der Waals surface area contributed by atoms with E-state index in [1.807, 2.05) is 13.8 Å². The van der Waals surface area contributed by atoms with Crippen LogP contribution in [0.3, 0.4) is 0 Å². The lowest BCUT2D eigenvalue weighted by atomic mass is 9.97. The molecular formula is C26H30F3N5O. The molecular weight excluding hydrogens is 455 g/mol. The summed E-state index contributed by atoms with van der Waals surface area (Å²) in [6.45, 7) is 9.85. The Balaban J connectivity index is 1.41. The molecule has 1 N–H and O–H groups in total. The summed E-state index contributed by atoms with van der Waals surface area (Å²) in [5.74, 6) is 0.568. The SMILES string of the molecule is Cc1c([C@@H](C)Nc2nnc(C)c3ccc(N4CCN([C@H]5CCO5)CC4)cc23)cccc1C(F)(F)F. The third kappa shape index (κ3) is 4.67. The number of rotatable bonds is 5. The number of ether oxygens (including phenoxy) is 1. The van der Waals surface area contributed by atoms with Gasteiger partial charge in [-0.2, -0.15) is 18.3 Å². The highest BCUT2D eigenvalue weighted by Crippen LogP contribution is 2.36. The summed E-state index contributed by atoms with van der Waals surface area (Å²) in [7, 11) is 0. The number of halogens is 3. The van der Waals surface area contributed by atoms with Crippen molar-refractivity contribution in [2.45, 2.75) is 45.6 Å². The molecule has 186 valence electrons. The van der Waals surface area contributed by atoms with Crippen LogP contribution in [0.2, 0.25) is 0 Å². The summed E-state index contributed by atoms with van der Waals surface area (Å²) < 4.78 is 45.9. The fourth-order valence-corrected chi connectivity index (χ4v) is 5.07. The number of aromatic nitrogens is 2. The summed E-state index contributed by atoms with van der Waals surface area (Å²) in [4.78, 5) is 4.75. The van der Waals surface area contributed by atoms with Gasteiger partial charge in [-0.25, -0.2) is 0 Å². The van der Waals surface area contributed by atoms with E-state index in [2.05, 4.69) is 43.5 Å². The van der Waals surface area contributed by atoms with Crippen molar-refractivity contribution in [1.29, 1.82) is 0 Å². The molecule has 3 aromatic rings. The molecule has 2 saturated heterocycles. The number of aryl methyl sites for hydroxylation is 1. The van der Waals surface area contributed by atoms with Gasteiger partial charge in [0.15, 0.2) is 5.82 Å². The van der Waals surface area contributed by atoms with Crippen LogP contribution in [0.15, 0.2) is 36.4 Å². The van der Waals surface area contributed by atoms with Gasteiger partial charge in [0.2, 0.25) is 0 Å². The molecule has 0 saturated carbocycles. The second-order valence-corrected chi connectivity index (χ2v) is 9.38. The van der Waals surface area contributed by atoms with Gasteiger partial charge in [-0.1, -0.05) is 18.2 Å². The number of anilines is 2. The van der Waals surface area contributed by atoms with Crippen LogP contribution in [0.1, 0.15) is 41.8 Å². The summed E-state index contributed by atoms with van der Waals surface area (Å²) in [6.07, 6.45) is -3.02. The van der Waals surface area contributed by atoms with Crippen molar-refractivity contribution in [2.75, 3.05) is 43.0 Å². The maximum Gasteiger partial charge on any atom is 0.416 e. The average Bonchev–Trinajstić information content (AvgIpc) is 2.79. The summed E-state index contributed by atoms with van der Waals surface area (Å²) >= 11 is 0. The van der Waals surface area contributed by atoms with E-state index in [0.717, 1.165) is 67.4 Å². The molecule has 2 aliphatic heterocycles. The molecule has 5 rings (SSSR count). The van der Waals surface area contributed by atoms with Gasteiger partial charge in [0.25, 0.3) is 0 Å². The number of hydrogen-bond acceptors (Lipinski definition) is 6. The minimum atomic E-state index is -4.39. The minimum absolute atomic E-state index is 0.221. The Kier molecular flexibility index (Phi) is 6.31. The zero-order chi connectivity index (χ0) is 24.7. The van der Waals surface area contributed by atoms with Gasteiger partial charge >= 0.3 is 6.18 Å². The first kappa shape index (κ1) is 23.8.